The maximum Gasteiger partial charge on any atom is 0.338 e. The van der Waals surface area contributed by atoms with Crippen molar-refractivity contribution < 1.29 is 54.8 Å². The number of hydrogen-bond donors (Lipinski definition) is 17. The minimum Gasteiger partial charge on any atom is -0.368 e. The van der Waals surface area contributed by atoms with E-state index in [1.54, 1.807) is 31.7 Å². The van der Waals surface area contributed by atoms with Crippen molar-refractivity contribution in [1.29, 1.82) is 0 Å². The lowest BCUT2D eigenvalue weighted by molar-refractivity contribution is -0.463. The molecular formula is C68H92N17O8+3. The maximum atomic E-state index is 15.6. The van der Waals surface area contributed by atoms with Crippen LogP contribution in [-0.4, -0.2) is 135 Å². The fourth-order valence-electron chi connectivity index (χ4n) is 11.7. The Labute approximate surface area is 539 Å². The van der Waals surface area contributed by atoms with Gasteiger partial charge < -0.3 is 74.4 Å². The Morgan fingerprint density at radius 1 is 0.452 bits per heavy atom. The van der Waals surface area contributed by atoms with Crippen molar-refractivity contribution in [2.24, 2.45) is 29.0 Å². The number of hydrogen-bond acceptors (Lipinski definition) is 8. The first kappa shape index (κ1) is 68.9. The highest BCUT2D eigenvalue weighted by Gasteiger charge is 2.37. The van der Waals surface area contributed by atoms with E-state index in [9.17, 15) is 19.2 Å². The van der Waals surface area contributed by atoms with E-state index >= 15 is 19.2 Å². The molecule has 0 saturated carbocycles. The summed E-state index contributed by atoms with van der Waals surface area (Å²) in [6.07, 6.45) is 9.73. The van der Waals surface area contributed by atoms with E-state index in [4.69, 9.17) is 17.2 Å². The molecule has 9 atom stereocenters. The molecule has 4 aromatic carbocycles. The van der Waals surface area contributed by atoms with Crippen molar-refractivity contribution in [2.45, 2.75) is 147 Å². The summed E-state index contributed by atoms with van der Waals surface area (Å²) in [5.74, 6) is -5.89. The number of aromatic nitrogens is 4. The topological polar surface area (TPSA) is 431 Å². The van der Waals surface area contributed by atoms with Crippen LogP contribution in [0.1, 0.15) is 94.9 Å². The maximum absolute atomic E-state index is 15.6. The first-order valence-electron chi connectivity index (χ1n) is 32.1. The summed E-state index contributed by atoms with van der Waals surface area (Å²) >= 11 is 0. The van der Waals surface area contributed by atoms with Gasteiger partial charge in [-0.2, -0.15) is 0 Å². The molecule has 0 bridgehead atoms. The fraction of sp³-hybridized carbons (Fsp3) is 0.397. The zero-order valence-electron chi connectivity index (χ0n) is 53.4. The van der Waals surface area contributed by atoms with Crippen LogP contribution in [0, 0.1) is 11.8 Å². The van der Waals surface area contributed by atoms with Gasteiger partial charge in [-0.3, -0.25) is 54.8 Å². The number of fused-ring (bicyclic) bond motifs is 4. The van der Waals surface area contributed by atoms with Crippen molar-refractivity contribution in [1.82, 2.24) is 57.2 Å². The summed E-state index contributed by atoms with van der Waals surface area (Å²) in [6.45, 7) is 8.47. The molecular weight excluding hydrogens is 1180 g/mol. The number of rotatable bonds is 35. The third kappa shape index (κ3) is 18.6. The summed E-state index contributed by atoms with van der Waals surface area (Å²) in [6, 6.07) is 20.4. The van der Waals surface area contributed by atoms with E-state index in [-0.39, 0.29) is 50.4 Å². The summed E-state index contributed by atoms with van der Waals surface area (Å²) in [5.41, 5.74) is 30.7. The van der Waals surface area contributed by atoms with Gasteiger partial charge in [-0.15, -0.1) is 0 Å². The Bertz CT molecular complexity index is 3920. The number of unbranched alkanes of at least 4 members (excludes halogenated alkanes) is 1. The van der Waals surface area contributed by atoms with Crippen LogP contribution >= 0.6 is 0 Å². The molecule has 25 heteroatoms. The zero-order chi connectivity index (χ0) is 66.7. The van der Waals surface area contributed by atoms with E-state index in [0.29, 0.717) is 67.4 Å². The van der Waals surface area contributed by atoms with Gasteiger partial charge >= 0.3 is 5.96 Å². The smallest absolute Gasteiger partial charge is 0.338 e. The van der Waals surface area contributed by atoms with Crippen LogP contribution in [0.4, 0.5) is 0 Å². The molecule has 25 nitrogen and oxygen atoms in total. The van der Waals surface area contributed by atoms with Gasteiger partial charge in [-0.05, 0) is 90.5 Å². The molecule has 8 rings (SSSR count). The SMILES string of the molecule is CC[C@H](C)[C@H](NC(=O)[C@H](CCCC[NH3+])NC(=O)[C@@H]([NH3+])CCC[NH+]=C(N)N)C(=O)N[C@@H](Cc1c[nH]c2ccccc12)C(=O)N[C@@H](Cc1c[nH]c2ccccc12)C(=O)N[C@@H](Cc1c[nH]c2ccccc12)C(=O)N[C@@H](Cc1c[nH]c2ccccc12)C(=O)N[C@@H](CC(C)C)C(N)=O. The second kappa shape index (κ2) is 32.8. The highest BCUT2D eigenvalue weighted by atomic mass is 16.2. The Morgan fingerprint density at radius 3 is 1.16 bits per heavy atom. The summed E-state index contributed by atoms with van der Waals surface area (Å²) in [4.78, 5) is 133. The molecule has 0 aliphatic rings. The molecule has 4 heterocycles. The van der Waals surface area contributed by atoms with Gasteiger partial charge in [0.25, 0.3) is 5.91 Å². The minimum atomic E-state index is -1.42. The fourth-order valence-corrected chi connectivity index (χ4v) is 11.7. The average molecular weight is 1280 g/mol. The van der Waals surface area contributed by atoms with Crippen LogP contribution in [-0.2, 0) is 64.0 Å². The number of quaternary nitrogens is 2. The van der Waals surface area contributed by atoms with Crippen LogP contribution in [0.5, 0.6) is 0 Å². The van der Waals surface area contributed by atoms with E-state index in [0.717, 1.165) is 43.6 Å². The Hall–Kier alpha value is -10.0. The number of para-hydroxylation sites is 4. The lowest BCUT2D eigenvalue weighted by Gasteiger charge is -2.29. The second-order valence-corrected chi connectivity index (χ2v) is 24.6. The molecule has 8 amide bonds. The van der Waals surface area contributed by atoms with Gasteiger partial charge in [0.05, 0.1) is 13.1 Å². The predicted octanol–water partition coefficient (Wildman–Crippen LogP) is 0.0104. The number of nitrogens with two attached hydrogens (primary N) is 3. The van der Waals surface area contributed by atoms with Gasteiger partial charge in [0.15, 0.2) is 6.04 Å². The number of carbonyl (C=O) groups is 8. The number of aromatic amines is 4. The first-order valence-corrected chi connectivity index (χ1v) is 32.1. The Kier molecular flexibility index (Phi) is 24.3. The van der Waals surface area contributed by atoms with Crippen LogP contribution in [0.2, 0.25) is 0 Å². The molecule has 0 radical (unpaired) electrons. The molecule has 0 spiro atoms. The monoisotopic (exact) mass is 1270 g/mol. The summed E-state index contributed by atoms with van der Waals surface area (Å²) in [7, 11) is 0. The summed E-state index contributed by atoms with van der Waals surface area (Å²) in [5, 5.41) is 23.6. The normalized spacial score (nSPS) is 14.4. The van der Waals surface area contributed by atoms with E-state index < -0.39 is 102 Å². The lowest BCUT2D eigenvalue weighted by atomic mass is 9.96. The molecule has 0 saturated heterocycles. The van der Waals surface area contributed by atoms with E-state index in [1.165, 1.54) is 0 Å². The number of amides is 8. The number of H-pyrrole nitrogens is 4. The molecule has 4 aromatic heterocycles. The molecule has 0 aliphatic heterocycles. The first-order chi connectivity index (χ1) is 44.7. The number of primary amides is 1. The van der Waals surface area contributed by atoms with Crippen molar-refractivity contribution in [2.75, 3.05) is 13.1 Å². The molecule has 8 aromatic rings. The van der Waals surface area contributed by atoms with Crippen molar-refractivity contribution in [3.8, 4) is 0 Å². The van der Waals surface area contributed by atoms with Crippen molar-refractivity contribution in [3.63, 3.8) is 0 Å². The predicted molar refractivity (Wildman–Crippen MR) is 356 cm³/mol. The highest BCUT2D eigenvalue weighted by Crippen LogP contribution is 2.25. The second-order valence-electron chi connectivity index (χ2n) is 24.6. The van der Waals surface area contributed by atoms with Crippen LogP contribution in [0.3, 0.4) is 0 Å². The standard InChI is InChI=1S/C68H89N17O8/c1-5-39(4)59(85-62(88)53(26-14-15-27-69)79-61(87)48(70)21-16-28-74-68(72)73)67(93)84-58(33-43-37-78-52-25-13-9-20-47(43)52)66(92)83-57(32-42-36-77-51-24-12-8-19-46(42)51)65(91)82-56(31-41-35-76-50-23-11-7-18-45(41)50)64(90)81-55(63(89)80-54(60(71)86)29-38(2)3)30-40-34-75-49-22-10-6-17-44(40)49/h6-13,17-20,22-25,34-39,48,53-59,75-78H,5,14-16,21,26-33,69-70H2,1-4H3,(H2,71,86)(H,79,87)(H,80,89)(H,81,90)(H,82,91)(H,83,92)(H,84,93)(H,85,88)(H4,72,73,74)/p+3/t39-,48-,53-,54-,55-,56-,57-,58-,59-/m0/s1. The zero-order valence-corrected chi connectivity index (χ0v) is 53.4. The van der Waals surface area contributed by atoms with Crippen LogP contribution < -0.4 is 70.9 Å². The van der Waals surface area contributed by atoms with Crippen molar-refractivity contribution >= 4 is 96.8 Å². The highest BCUT2D eigenvalue weighted by molar-refractivity contribution is 5.99. The molecule has 0 aliphatic carbocycles. The average Bonchev–Trinajstić information content (AvgIpc) is 1.90. The Balaban J connectivity index is 1.13. The van der Waals surface area contributed by atoms with Gasteiger partial charge in [-0.25, -0.2) is 0 Å². The van der Waals surface area contributed by atoms with Gasteiger partial charge in [0.1, 0.15) is 42.3 Å². The quantitative estimate of drug-likeness (QED) is 0.0143. The third-order valence-electron chi connectivity index (χ3n) is 17.1. The lowest BCUT2D eigenvalue weighted by Crippen LogP contribution is -2.78. The molecule has 93 heavy (non-hydrogen) atoms. The van der Waals surface area contributed by atoms with Gasteiger partial charge in [0, 0.05) is 101 Å². The van der Waals surface area contributed by atoms with Gasteiger partial charge in [-0.1, -0.05) is 107 Å². The number of benzene rings is 4. The molecule has 494 valence electrons. The largest absolute Gasteiger partial charge is 0.368 e. The Morgan fingerprint density at radius 2 is 0.806 bits per heavy atom. The molecule has 24 N–H and O–H groups in total. The summed E-state index contributed by atoms with van der Waals surface area (Å²) < 4.78 is 0. The van der Waals surface area contributed by atoms with E-state index in [2.05, 4.69) is 73.6 Å². The van der Waals surface area contributed by atoms with Crippen molar-refractivity contribution in [3.05, 3.63) is 144 Å². The third-order valence-corrected chi connectivity index (χ3v) is 17.1. The number of guanidine groups is 1. The van der Waals surface area contributed by atoms with Gasteiger partial charge in [0.2, 0.25) is 41.4 Å². The van der Waals surface area contributed by atoms with Crippen LogP contribution in [0.25, 0.3) is 43.6 Å². The minimum absolute atomic E-state index is 0.0254. The number of carbonyl (C=O) groups excluding carboxylic acids is 8. The molecule has 0 unspecified atom stereocenters. The van der Waals surface area contributed by atoms with E-state index in [1.807, 2.05) is 118 Å². The van der Waals surface area contributed by atoms with Crippen LogP contribution in [0.15, 0.2) is 122 Å². The molecule has 0 fully saturated rings. The number of nitrogens with one attached hydrogen (secondary N) is 12.